The van der Waals surface area contributed by atoms with Gasteiger partial charge < -0.3 is 4.74 Å². The smallest absolute Gasteiger partial charge is 0.273 e. The fourth-order valence-electron chi connectivity index (χ4n) is 3.93. The van der Waals surface area contributed by atoms with Gasteiger partial charge in [-0.2, -0.15) is 0 Å². The minimum absolute atomic E-state index is 0.0395. The van der Waals surface area contributed by atoms with Crippen LogP contribution in [0.5, 0.6) is 5.75 Å². The predicted octanol–water partition coefficient (Wildman–Crippen LogP) is 5.85. The second-order valence-electron chi connectivity index (χ2n) is 8.36. The molecule has 0 fully saturated rings. The molecule has 0 aliphatic carbocycles. The van der Waals surface area contributed by atoms with Gasteiger partial charge in [0.15, 0.2) is 5.16 Å². The molecule has 3 aromatic heterocycles. The molecule has 0 unspecified atom stereocenters. The highest BCUT2D eigenvalue weighted by Crippen LogP contribution is 2.28. The Morgan fingerprint density at radius 1 is 1.06 bits per heavy atom. The first-order chi connectivity index (χ1) is 16.5. The van der Waals surface area contributed by atoms with Crippen molar-refractivity contribution < 1.29 is 4.74 Å². The van der Waals surface area contributed by atoms with Crippen LogP contribution >= 0.6 is 23.1 Å². The lowest BCUT2D eigenvalue weighted by Gasteiger charge is -2.11. The molecule has 0 N–H and O–H groups in total. The SMILES string of the molecule is CCCOc1ccc(Cn2c(=O)c3sccc3n3c(SCc4cc(C)ccc4C)nnc23)cc1. The molecular weight excluding hydrogens is 464 g/mol. The Bertz CT molecular complexity index is 1520. The standard InChI is InChI=1S/C26H26N4O2S2/c1-4-12-32-21-9-7-19(8-10-21)15-29-24(31)23-22(11-13-33-23)30-25(29)27-28-26(30)34-16-20-14-17(2)5-6-18(20)3/h5-11,13-14H,4,12,15-16H2,1-3H3. The summed E-state index contributed by atoms with van der Waals surface area (Å²) in [6.45, 7) is 7.43. The lowest BCUT2D eigenvalue weighted by atomic mass is 10.1. The number of ether oxygens (including phenoxy) is 1. The van der Waals surface area contributed by atoms with Crippen molar-refractivity contribution in [1.82, 2.24) is 19.2 Å². The van der Waals surface area contributed by atoms with Crippen LogP contribution in [-0.2, 0) is 12.3 Å². The van der Waals surface area contributed by atoms with Crippen molar-refractivity contribution in [2.45, 2.75) is 44.6 Å². The monoisotopic (exact) mass is 490 g/mol. The maximum absolute atomic E-state index is 13.3. The van der Waals surface area contributed by atoms with Gasteiger partial charge >= 0.3 is 0 Å². The number of hydrogen-bond donors (Lipinski definition) is 0. The lowest BCUT2D eigenvalue weighted by Crippen LogP contribution is -2.23. The zero-order chi connectivity index (χ0) is 23.7. The first kappa shape index (κ1) is 22.7. The third-order valence-electron chi connectivity index (χ3n) is 5.78. The minimum Gasteiger partial charge on any atom is -0.494 e. The number of hydrogen-bond acceptors (Lipinski definition) is 6. The molecule has 0 spiro atoms. The van der Waals surface area contributed by atoms with Crippen molar-refractivity contribution in [2.24, 2.45) is 0 Å². The van der Waals surface area contributed by atoms with Crippen molar-refractivity contribution in [3.63, 3.8) is 0 Å². The van der Waals surface area contributed by atoms with Gasteiger partial charge in [-0.05, 0) is 60.5 Å². The van der Waals surface area contributed by atoms with Crippen molar-refractivity contribution in [1.29, 1.82) is 0 Å². The van der Waals surface area contributed by atoms with Crippen LogP contribution in [0.3, 0.4) is 0 Å². The van der Waals surface area contributed by atoms with E-state index >= 15 is 0 Å². The van der Waals surface area contributed by atoms with Gasteiger partial charge in [0.25, 0.3) is 5.56 Å². The fraction of sp³-hybridized carbons (Fsp3) is 0.269. The molecule has 0 bridgehead atoms. The van der Waals surface area contributed by atoms with E-state index in [1.807, 2.05) is 40.1 Å². The third-order valence-corrected chi connectivity index (χ3v) is 7.65. The molecule has 0 saturated heterocycles. The van der Waals surface area contributed by atoms with Gasteiger partial charge in [0, 0.05) is 5.75 Å². The van der Waals surface area contributed by atoms with Crippen LogP contribution in [0.2, 0.25) is 0 Å². The van der Waals surface area contributed by atoms with Crippen LogP contribution in [0, 0.1) is 13.8 Å². The quantitative estimate of drug-likeness (QED) is 0.255. The zero-order valence-electron chi connectivity index (χ0n) is 19.4. The van der Waals surface area contributed by atoms with Gasteiger partial charge in [-0.3, -0.25) is 13.8 Å². The number of aryl methyl sites for hydroxylation is 2. The van der Waals surface area contributed by atoms with E-state index in [0.29, 0.717) is 23.6 Å². The predicted molar refractivity (Wildman–Crippen MR) is 139 cm³/mol. The van der Waals surface area contributed by atoms with Gasteiger partial charge in [0.05, 0.1) is 18.7 Å². The summed E-state index contributed by atoms with van der Waals surface area (Å²) in [5.41, 5.74) is 5.61. The molecule has 0 radical (unpaired) electrons. The normalized spacial score (nSPS) is 11.5. The molecule has 5 aromatic rings. The Hall–Kier alpha value is -3.10. The molecule has 0 atom stereocenters. The molecule has 6 nitrogen and oxygen atoms in total. The highest BCUT2D eigenvalue weighted by atomic mass is 32.2. The lowest BCUT2D eigenvalue weighted by molar-refractivity contribution is 0.317. The molecule has 0 aliphatic rings. The van der Waals surface area contributed by atoms with Crippen LogP contribution in [-0.4, -0.2) is 25.8 Å². The summed E-state index contributed by atoms with van der Waals surface area (Å²) in [6.07, 6.45) is 0.965. The van der Waals surface area contributed by atoms with E-state index in [1.165, 1.54) is 28.0 Å². The highest BCUT2D eigenvalue weighted by Gasteiger charge is 2.18. The molecule has 8 heteroatoms. The minimum atomic E-state index is -0.0395. The Morgan fingerprint density at radius 3 is 2.68 bits per heavy atom. The summed E-state index contributed by atoms with van der Waals surface area (Å²) in [7, 11) is 0. The number of thioether (sulfide) groups is 1. The number of rotatable bonds is 8. The van der Waals surface area contributed by atoms with Crippen molar-refractivity contribution in [2.75, 3.05) is 6.61 Å². The van der Waals surface area contributed by atoms with Gasteiger partial charge in [-0.15, -0.1) is 21.5 Å². The van der Waals surface area contributed by atoms with Crippen molar-refractivity contribution in [3.8, 4) is 5.75 Å². The maximum Gasteiger partial charge on any atom is 0.273 e. The van der Waals surface area contributed by atoms with E-state index in [1.54, 1.807) is 16.3 Å². The summed E-state index contributed by atoms with van der Waals surface area (Å²) in [6, 6.07) is 16.4. The molecule has 0 aliphatic heterocycles. The average molecular weight is 491 g/mol. The molecule has 34 heavy (non-hydrogen) atoms. The Morgan fingerprint density at radius 2 is 1.88 bits per heavy atom. The van der Waals surface area contributed by atoms with Crippen LogP contribution < -0.4 is 10.3 Å². The first-order valence-corrected chi connectivity index (χ1v) is 13.2. The maximum atomic E-state index is 13.3. The number of nitrogens with zero attached hydrogens (tertiary/aromatic N) is 4. The summed E-state index contributed by atoms with van der Waals surface area (Å²) in [5.74, 6) is 2.19. The van der Waals surface area contributed by atoms with E-state index in [2.05, 4.69) is 49.2 Å². The van der Waals surface area contributed by atoms with Crippen LogP contribution in [0.4, 0.5) is 0 Å². The van der Waals surface area contributed by atoms with Crippen LogP contribution in [0.25, 0.3) is 16.0 Å². The topological polar surface area (TPSA) is 61.4 Å². The van der Waals surface area contributed by atoms with Crippen LogP contribution in [0.15, 0.2) is 63.9 Å². The molecule has 2 aromatic carbocycles. The average Bonchev–Trinajstić information content (AvgIpc) is 3.49. The molecule has 3 heterocycles. The largest absolute Gasteiger partial charge is 0.494 e. The molecule has 0 saturated carbocycles. The van der Waals surface area contributed by atoms with Crippen molar-refractivity contribution >= 4 is 39.1 Å². The van der Waals surface area contributed by atoms with E-state index in [9.17, 15) is 4.79 Å². The van der Waals surface area contributed by atoms with Crippen molar-refractivity contribution in [3.05, 3.63) is 86.5 Å². The van der Waals surface area contributed by atoms with E-state index < -0.39 is 0 Å². The number of aromatic nitrogens is 4. The number of thiophene rings is 1. The van der Waals surface area contributed by atoms with Gasteiger partial charge in [0.1, 0.15) is 10.4 Å². The summed E-state index contributed by atoms with van der Waals surface area (Å²) >= 11 is 3.10. The highest BCUT2D eigenvalue weighted by molar-refractivity contribution is 7.98. The molecule has 0 amide bonds. The molecular formula is C26H26N4O2S2. The molecule has 5 rings (SSSR count). The second-order valence-corrected chi connectivity index (χ2v) is 10.2. The Balaban J connectivity index is 1.51. The second kappa shape index (κ2) is 9.64. The van der Waals surface area contributed by atoms with E-state index in [4.69, 9.17) is 4.74 Å². The zero-order valence-corrected chi connectivity index (χ0v) is 21.1. The van der Waals surface area contributed by atoms with Gasteiger partial charge in [-0.1, -0.05) is 54.6 Å². The first-order valence-electron chi connectivity index (χ1n) is 11.3. The fourth-order valence-corrected chi connectivity index (χ4v) is 5.75. The van der Waals surface area contributed by atoms with E-state index in [-0.39, 0.29) is 5.56 Å². The van der Waals surface area contributed by atoms with E-state index in [0.717, 1.165) is 34.2 Å². The summed E-state index contributed by atoms with van der Waals surface area (Å²) in [5, 5.41) is 11.7. The Kier molecular flexibility index (Phi) is 6.43. The summed E-state index contributed by atoms with van der Waals surface area (Å²) in [4.78, 5) is 13.3. The Labute approximate surface area is 206 Å². The third kappa shape index (κ3) is 4.35. The number of benzene rings is 2. The van der Waals surface area contributed by atoms with Crippen LogP contribution in [0.1, 0.15) is 35.6 Å². The molecule has 174 valence electrons. The van der Waals surface area contributed by atoms with Gasteiger partial charge in [-0.25, -0.2) is 0 Å². The van der Waals surface area contributed by atoms with Gasteiger partial charge in [0.2, 0.25) is 5.78 Å². The number of fused-ring (bicyclic) bond motifs is 3. The summed E-state index contributed by atoms with van der Waals surface area (Å²) < 4.78 is 10.1.